The van der Waals surface area contributed by atoms with Crippen LogP contribution in [0.25, 0.3) is 0 Å². The van der Waals surface area contributed by atoms with Crippen molar-refractivity contribution in [2.24, 2.45) is 11.7 Å². The zero-order valence-electron chi connectivity index (χ0n) is 12.3. The quantitative estimate of drug-likeness (QED) is 0.800. The summed E-state index contributed by atoms with van der Waals surface area (Å²) in [6.45, 7) is 0.599. The number of esters is 1. The maximum absolute atomic E-state index is 11.9. The molecule has 0 aromatic heterocycles. The fourth-order valence-corrected chi connectivity index (χ4v) is 2.65. The lowest BCUT2D eigenvalue weighted by atomic mass is 10.1. The summed E-state index contributed by atoms with van der Waals surface area (Å²) >= 11 is 0. The Hall–Kier alpha value is -1.88. The van der Waals surface area contributed by atoms with Crippen molar-refractivity contribution >= 4 is 11.9 Å². The van der Waals surface area contributed by atoms with Gasteiger partial charge in [0.25, 0.3) is 0 Å². The molecule has 0 radical (unpaired) electrons. The highest BCUT2D eigenvalue weighted by Gasteiger charge is 2.27. The second kappa shape index (κ2) is 7.22. The zero-order chi connectivity index (χ0) is 15.2. The number of carbonyl (C=O) groups is 2. The van der Waals surface area contributed by atoms with Gasteiger partial charge in [0.2, 0.25) is 5.91 Å². The highest BCUT2D eigenvalue weighted by atomic mass is 16.5. The van der Waals surface area contributed by atoms with Crippen LogP contribution in [0.2, 0.25) is 0 Å². The Labute approximate surface area is 124 Å². The van der Waals surface area contributed by atoms with E-state index >= 15 is 0 Å². The lowest BCUT2D eigenvalue weighted by Crippen LogP contribution is -2.31. The largest absolute Gasteiger partial charge is 0.465 e. The molecule has 1 aromatic carbocycles. The topological polar surface area (TPSA) is 81.4 Å². The van der Waals surface area contributed by atoms with Gasteiger partial charge in [-0.3, -0.25) is 4.79 Å². The van der Waals surface area contributed by atoms with Gasteiger partial charge in [-0.1, -0.05) is 12.1 Å². The molecule has 5 heteroatoms. The minimum atomic E-state index is -0.340. The predicted octanol–water partition coefficient (Wildman–Crippen LogP) is 1.26. The van der Waals surface area contributed by atoms with E-state index in [-0.39, 0.29) is 23.8 Å². The van der Waals surface area contributed by atoms with Crippen molar-refractivity contribution in [3.63, 3.8) is 0 Å². The molecule has 114 valence electrons. The fourth-order valence-electron chi connectivity index (χ4n) is 2.65. The Morgan fingerprint density at radius 3 is 2.57 bits per heavy atom. The summed E-state index contributed by atoms with van der Waals surface area (Å²) in [6, 6.07) is 7.40. The summed E-state index contributed by atoms with van der Waals surface area (Å²) in [7, 11) is 1.36. The van der Waals surface area contributed by atoms with E-state index in [2.05, 4.69) is 10.1 Å². The molecule has 1 fully saturated rings. The number of hydrogen-bond donors (Lipinski definition) is 2. The van der Waals surface area contributed by atoms with Gasteiger partial charge < -0.3 is 15.8 Å². The van der Waals surface area contributed by atoms with Gasteiger partial charge in [0.1, 0.15) is 0 Å². The predicted molar refractivity (Wildman–Crippen MR) is 79.8 cm³/mol. The van der Waals surface area contributed by atoms with Crippen LogP contribution < -0.4 is 11.1 Å². The van der Waals surface area contributed by atoms with Gasteiger partial charge in [0.05, 0.1) is 12.7 Å². The first kappa shape index (κ1) is 15.5. The monoisotopic (exact) mass is 290 g/mol. The van der Waals surface area contributed by atoms with Gasteiger partial charge in [-0.05, 0) is 43.4 Å². The molecule has 2 rings (SSSR count). The molecule has 0 heterocycles. The van der Waals surface area contributed by atoms with Crippen molar-refractivity contribution in [2.45, 2.75) is 31.7 Å². The average molecular weight is 290 g/mol. The van der Waals surface area contributed by atoms with Crippen molar-refractivity contribution in [3.8, 4) is 0 Å². The maximum atomic E-state index is 11.9. The molecule has 0 bridgehead atoms. The summed E-state index contributed by atoms with van der Waals surface area (Å²) < 4.78 is 4.65. The van der Waals surface area contributed by atoms with Crippen LogP contribution in [-0.4, -0.2) is 31.6 Å². The van der Waals surface area contributed by atoms with E-state index in [1.54, 1.807) is 12.1 Å². The Balaban J connectivity index is 1.75. The Morgan fingerprint density at radius 2 is 2.00 bits per heavy atom. The third-order valence-corrected chi connectivity index (χ3v) is 3.93. The zero-order valence-corrected chi connectivity index (χ0v) is 12.3. The van der Waals surface area contributed by atoms with E-state index in [4.69, 9.17) is 5.73 Å². The molecule has 5 nitrogen and oxygen atoms in total. The van der Waals surface area contributed by atoms with Crippen molar-refractivity contribution in [1.29, 1.82) is 0 Å². The van der Waals surface area contributed by atoms with E-state index in [1.165, 1.54) is 7.11 Å². The van der Waals surface area contributed by atoms with Crippen molar-refractivity contribution in [3.05, 3.63) is 35.4 Å². The molecule has 1 aliphatic carbocycles. The number of ether oxygens (including phenoxy) is 1. The SMILES string of the molecule is COC(=O)c1ccc(CCNC(=O)C2CCC(N)C2)cc1. The number of rotatable bonds is 5. The van der Waals surface area contributed by atoms with Crippen LogP contribution in [0.4, 0.5) is 0 Å². The third kappa shape index (κ3) is 4.29. The van der Waals surface area contributed by atoms with Gasteiger partial charge in [-0.25, -0.2) is 4.79 Å². The van der Waals surface area contributed by atoms with Crippen molar-refractivity contribution in [1.82, 2.24) is 5.32 Å². The van der Waals surface area contributed by atoms with Crippen LogP contribution in [-0.2, 0) is 16.0 Å². The standard InChI is InChI=1S/C16H22N2O3/c1-21-16(20)12-4-2-11(3-5-12)8-9-18-15(19)13-6-7-14(17)10-13/h2-5,13-14H,6-10,17H2,1H3,(H,18,19). The van der Waals surface area contributed by atoms with Crippen molar-refractivity contribution in [2.75, 3.05) is 13.7 Å². The average Bonchev–Trinajstić information content (AvgIpc) is 2.94. The van der Waals surface area contributed by atoms with Gasteiger partial charge in [-0.2, -0.15) is 0 Å². The molecule has 3 N–H and O–H groups in total. The summed E-state index contributed by atoms with van der Waals surface area (Å²) in [4.78, 5) is 23.2. The minimum Gasteiger partial charge on any atom is -0.465 e. The van der Waals surface area contributed by atoms with E-state index in [0.717, 1.165) is 31.2 Å². The van der Waals surface area contributed by atoms with Crippen LogP contribution in [0.3, 0.4) is 0 Å². The second-order valence-electron chi connectivity index (χ2n) is 5.50. The normalized spacial score (nSPS) is 21.0. The van der Waals surface area contributed by atoms with Crippen LogP contribution in [0.1, 0.15) is 35.2 Å². The number of hydrogen-bond acceptors (Lipinski definition) is 4. The molecule has 0 saturated heterocycles. The van der Waals surface area contributed by atoms with E-state index in [9.17, 15) is 9.59 Å². The molecule has 21 heavy (non-hydrogen) atoms. The summed E-state index contributed by atoms with van der Waals surface area (Å²) in [6.07, 6.45) is 3.36. The van der Waals surface area contributed by atoms with Gasteiger partial charge in [-0.15, -0.1) is 0 Å². The Kier molecular flexibility index (Phi) is 5.33. The number of amides is 1. The summed E-state index contributed by atoms with van der Waals surface area (Å²) in [5, 5.41) is 2.96. The van der Waals surface area contributed by atoms with E-state index < -0.39 is 0 Å². The minimum absolute atomic E-state index is 0.0710. The first-order valence-corrected chi connectivity index (χ1v) is 7.30. The lowest BCUT2D eigenvalue weighted by Gasteiger charge is -2.10. The number of benzene rings is 1. The lowest BCUT2D eigenvalue weighted by molar-refractivity contribution is -0.124. The van der Waals surface area contributed by atoms with Crippen LogP contribution >= 0.6 is 0 Å². The van der Waals surface area contributed by atoms with Crippen molar-refractivity contribution < 1.29 is 14.3 Å². The van der Waals surface area contributed by atoms with Gasteiger partial charge >= 0.3 is 5.97 Å². The number of methoxy groups -OCH3 is 1. The molecular weight excluding hydrogens is 268 g/mol. The molecule has 1 saturated carbocycles. The molecule has 1 aliphatic rings. The third-order valence-electron chi connectivity index (χ3n) is 3.93. The molecule has 0 aliphatic heterocycles. The Bertz CT molecular complexity index is 499. The molecule has 1 aromatic rings. The smallest absolute Gasteiger partial charge is 0.337 e. The van der Waals surface area contributed by atoms with E-state index in [0.29, 0.717) is 12.1 Å². The first-order valence-electron chi connectivity index (χ1n) is 7.30. The molecule has 2 atom stereocenters. The molecule has 0 spiro atoms. The first-order chi connectivity index (χ1) is 10.1. The van der Waals surface area contributed by atoms with E-state index in [1.807, 2.05) is 12.1 Å². The molecule has 2 unspecified atom stereocenters. The highest BCUT2D eigenvalue weighted by Crippen LogP contribution is 2.23. The fraction of sp³-hybridized carbons (Fsp3) is 0.500. The number of carbonyl (C=O) groups excluding carboxylic acids is 2. The highest BCUT2D eigenvalue weighted by molar-refractivity contribution is 5.89. The number of nitrogens with two attached hydrogens (primary N) is 1. The van der Waals surface area contributed by atoms with Crippen LogP contribution in [0.15, 0.2) is 24.3 Å². The van der Waals surface area contributed by atoms with Crippen LogP contribution in [0, 0.1) is 5.92 Å². The summed E-state index contributed by atoms with van der Waals surface area (Å²) in [5.74, 6) is -0.164. The molecule has 1 amide bonds. The van der Waals surface area contributed by atoms with Crippen LogP contribution in [0.5, 0.6) is 0 Å². The van der Waals surface area contributed by atoms with Gasteiger partial charge in [0.15, 0.2) is 0 Å². The number of nitrogens with one attached hydrogen (secondary N) is 1. The maximum Gasteiger partial charge on any atom is 0.337 e. The summed E-state index contributed by atoms with van der Waals surface area (Å²) in [5.41, 5.74) is 7.42. The second-order valence-corrected chi connectivity index (χ2v) is 5.50. The van der Waals surface area contributed by atoms with Gasteiger partial charge in [0, 0.05) is 18.5 Å². The Morgan fingerprint density at radius 1 is 1.29 bits per heavy atom. The molecular formula is C16H22N2O3.